The number of ether oxygens (including phenoxy) is 1. The van der Waals surface area contributed by atoms with Gasteiger partial charge in [0.25, 0.3) is 0 Å². The van der Waals surface area contributed by atoms with Crippen LogP contribution in [0.4, 0.5) is 0 Å². The van der Waals surface area contributed by atoms with E-state index in [0.29, 0.717) is 17.4 Å². The number of benzene rings is 1. The van der Waals surface area contributed by atoms with Crippen LogP contribution in [0.25, 0.3) is 11.3 Å². The Morgan fingerprint density at radius 3 is 2.59 bits per heavy atom. The molecule has 2 aromatic rings. The zero-order chi connectivity index (χ0) is 12.3. The van der Waals surface area contributed by atoms with Crippen molar-refractivity contribution in [1.82, 2.24) is 0 Å². The minimum Gasteiger partial charge on any atom is -0.460 e. The van der Waals surface area contributed by atoms with Crippen molar-refractivity contribution in [3.05, 3.63) is 47.2 Å². The van der Waals surface area contributed by atoms with Gasteiger partial charge in [-0.2, -0.15) is 0 Å². The lowest BCUT2D eigenvalue weighted by Crippen LogP contribution is -2.02. The van der Waals surface area contributed by atoms with E-state index in [4.69, 9.17) is 20.8 Å². The smallest absolute Gasteiger partial charge is 0.374 e. The fraction of sp³-hybridized carbons (Fsp3) is 0.154. The standard InChI is InChI=1S/C13H11ClO3/c1-2-16-13(15)12-8-7-11(17-12)9-3-5-10(14)6-4-9/h3-8H,2H2,1H3. The van der Waals surface area contributed by atoms with Crippen molar-refractivity contribution < 1.29 is 13.9 Å². The molecule has 0 aliphatic heterocycles. The Morgan fingerprint density at radius 1 is 1.24 bits per heavy atom. The van der Waals surface area contributed by atoms with Gasteiger partial charge >= 0.3 is 5.97 Å². The lowest BCUT2D eigenvalue weighted by atomic mass is 10.2. The van der Waals surface area contributed by atoms with Gasteiger partial charge in [-0.15, -0.1) is 0 Å². The Morgan fingerprint density at radius 2 is 1.94 bits per heavy atom. The summed E-state index contributed by atoms with van der Waals surface area (Å²) in [4.78, 5) is 11.4. The summed E-state index contributed by atoms with van der Waals surface area (Å²) in [5.41, 5.74) is 0.866. The molecule has 0 radical (unpaired) electrons. The van der Waals surface area contributed by atoms with Gasteiger partial charge in [0.15, 0.2) is 0 Å². The molecule has 3 nitrogen and oxygen atoms in total. The molecule has 0 saturated heterocycles. The SMILES string of the molecule is CCOC(=O)c1ccc(-c2ccc(Cl)cc2)o1. The molecule has 0 bridgehead atoms. The van der Waals surface area contributed by atoms with Crippen LogP contribution in [0.15, 0.2) is 40.8 Å². The molecule has 1 aromatic heterocycles. The van der Waals surface area contributed by atoms with Crippen LogP contribution in [0.5, 0.6) is 0 Å². The van der Waals surface area contributed by atoms with Crippen LogP contribution in [-0.2, 0) is 4.74 Å². The van der Waals surface area contributed by atoms with Crippen molar-refractivity contribution in [2.24, 2.45) is 0 Å². The Bertz CT molecular complexity index is 514. The zero-order valence-corrected chi connectivity index (χ0v) is 10.0. The van der Waals surface area contributed by atoms with Gasteiger partial charge in [-0.25, -0.2) is 4.79 Å². The Labute approximate surface area is 104 Å². The highest BCUT2D eigenvalue weighted by molar-refractivity contribution is 6.30. The first-order valence-corrected chi connectivity index (χ1v) is 5.61. The average Bonchev–Trinajstić information content (AvgIpc) is 2.80. The summed E-state index contributed by atoms with van der Waals surface area (Å²) < 4.78 is 10.2. The fourth-order valence-electron chi connectivity index (χ4n) is 1.42. The van der Waals surface area contributed by atoms with Crippen molar-refractivity contribution in [2.45, 2.75) is 6.92 Å². The van der Waals surface area contributed by atoms with Gasteiger partial charge in [-0.3, -0.25) is 0 Å². The largest absolute Gasteiger partial charge is 0.460 e. The minimum atomic E-state index is -0.451. The topological polar surface area (TPSA) is 39.4 Å². The minimum absolute atomic E-state index is 0.205. The molecule has 0 saturated carbocycles. The quantitative estimate of drug-likeness (QED) is 0.779. The lowest BCUT2D eigenvalue weighted by Gasteiger charge is -1.98. The summed E-state index contributed by atoms with van der Waals surface area (Å²) >= 11 is 5.79. The van der Waals surface area contributed by atoms with E-state index >= 15 is 0 Å². The second-order valence-corrected chi connectivity index (χ2v) is 3.83. The first-order valence-electron chi connectivity index (χ1n) is 5.23. The lowest BCUT2D eigenvalue weighted by molar-refractivity contribution is 0.0491. The van der Waals surface area contributed by atoms with Crippen LogP contribution < -0.4 is 0 Å². The zero-order valence-electron chi connectivity index (χ0n) is 9.27. The molecule has 0 fully saturated rings. The maximum atomic E-state index is 11.4. The molecule has 1 aromatic carbocycles. The van der Waals surface area contributed by atoms with E-state index in [2.05, 4.69) is 0 Å². The van der Waals surface area contributed by atoms with Crippen molar-refractivity contribution in [2.75, 3.05) is 6.61 Å². The molecule has 0 aliphatic carbocycles. The molecular weight excluding hydrogens is 240 g/mol. The fourth-order valence-corrected chi connectivity index (χ4v) is 1.55. The van der Waals surface area contributed by atoms with Crippen molar-refractivity contribution in [1.29, 1.82) is 0 Å². The molecule has 17 heavy (non-hydrogen) atoms. The maximum absolute atomic E-state index is 11.4. The van der Waals surface area contributed by atoms with Gasteiger partial charge in [-0.1, -0.05) is 11.6 Å². The molecule has 0 amide bonds. The van der Waals surface area contributed by atoms with Crippen molar-refractivity contribution in [3.8, 4) is 11.3 Å². The average molecular weight is 251 g/mol. The van der Waals surface area contributed by atoms with E-state index in [-0.39, 0.29) is 5.76 Å². The van der Waals surface area contributed by atoms with Crippen LogP contribution >= 0.6 is 11.6 Å². The third kappa shape index (κ3) is 2.68. The maximum Gasteiger partial charge on any atom is 0.374 e. The molecular formula is C13H11ClO3. The van der Waals surface area contributed by atoms with Gasteiger partial charge < -0.3 is 9.15 Å². The normalized spacial score (nSPS) is 10.2. The van der Waals surface area contributed by atoms with Crippen LogP contribution in [0.2, 0.25) is 5.02 Å². The van der Waals surface area contributed by atoms with E-state index in [0.717, 1.165) is 5.56 Å². The number of rotatable bonds is 3. The number of esters is 1. The third-order valence-corrected chi connectivity index (χ3v) is 2.46. The Hall–Kier alpha value is -1.74. The number of hydrogen-bond donors (Lipinski definition) is 0. The summed E-state index contributed by atoms with van der Waals surface area (Å²) in [6, 6.07) is 10.5. The van der Waals surface area contributed by atoms with Gasteiger partial charge in [0.1, 0.15) is 5.76 Å². The third-order valence-electron chi connectivity index (χ3n) is 2.21. The predicted octanol–water partition coefficient (Wildman–Crippen LogP) is 3.78. The van der Waals surface area contributed by atoms with Crippen LogP contribution in [0, 0.1) is 0 Å². The molecule has 1 heterocycles. The van der Waals surface area contributed by atoms with Gasteiger partial charge in [-0.05, 0) is 43.3 Å². The highest BCUT2D eigenvalue weighted by Crippen LogP contribution is 2.24. The second-order valence-electron chi connectivity index (χ2n) is 3.39. The summed E-state index contributed by atoms with van der Waals surface area (Å²) in [6.45, 7) is 2.08. The molecule has 0 N–H and O–H groups in total. The summed E-state index contributed by atoms with van der Waals surface area (Å²) in [5.74, 6) is 0.370. The van der Waals surface area contributed by atoms with E-state index in [9.17, 15) is 4.79 Å². The highest BCUT2D eigenvalue weighted by atomic mass is 35.5. The number of hydrogen-bond acceptors (Lipinski definition) is 3. The van der Waals surface area contributed by atoms with E-state index in [1.807, 2.05) is 12.1 Å². The van der Waals surface area contributed by atoms with Crippen molar-refractivity contribution >= 4 is 17.6 Å². The van der Waals surface area contributed by atoms with E-state index in [1.54, 1.807) is 31.2 Å². The van der Waals surface area contributed by atoms with Crippen LogP contribution in [0.3, 0.4) is 0 Å². The van der Waals surface area contributed by atoms with Gasteiger partial charge in [0.05, 0.1) is 6.61 Å². The molecule has 2 rings (SSSR count). The summed E-state index contributed by atoms with van der Waals surface area (Å²) in [7, 11) is 0. The Kier molecular flexibility index (Phi) is 3.49. The first kappa shape index (κ1) is 11.7. The number of halogens is 1. The summed E-state index contributed by atoms with van der Waals surface area (Å²) in [6.07, 6.45) is 0. The van der Waals surface area contributed by atoms with E-state index in [1.165, 1.54) is 0 Å². The van der Waals surface area contributed by atoms with Gasteiger partial charge in [0.2, 0.25) is 5.76 Å². The summed E-state index contributed by atoms with van der Waals surface area (Å²) in [5, 5.41) is 0.658. The number of furan rings is 1. The van der Waals surface area contributed by atoms with Gasteiger partial charge in [0, 0.05) is 10.6 Å². The molecule has 0 spiro atoms. The number of carbonyl (C=O) groups excluding carboxylic acids is 1. The molecule has 0 aliphatic rings. The monoisotopic (exact) mass is 250 g/mol. The molecule has 88 valence electrons. The van der Waals surface area contributed by atoms with Crippen molar-refractivity contribution in [3.63, 3.8) is 0 Å². The van der Waals surface area contributed by atoms with E-state index < -0.39 is 5.97 Å². The number of carbonyl (C=O) groups is 1. The predicted molar refractivity (Wildman–Crippen MR) is 65.1 cm³/mol. The van der Waals surface area contributed by atoms with Crippen LogP contribution in [0.1, 0.15) is 17.5 Å². The van der Waals surface area contributed by atoms with Crippen LogP contribution in [-0.4, -0.2) is 12.6 Å². The Balaban J connectivity index is 2.23. The second kappa shape index (κ2) is 5.06. The molecule has 0 unspecified atom stereocenters. The molecule has 0 atom stereocenters. The highest BCUT2D eigenvalue weighted by Gasteiger charge is 2.12. The first-order chi connectivity index (χ1) is 8.20. The molecule has 4 heteroatoms.